The molecule has 11 heteroatoms. The highest BCUT2D eigenvalue weighted by atomic mass is 16.6. The smallest absolute Gasteiger partial charge is 0.423 e. The third-order valence-corrected chi connectivity index (χ3v) is 6.88. The molecule has 0 bridgehead atoms. The van der Waals surface area contributed by atoms with Crippen LogP contribution in [0.5, 0.6) is 0 Å². The Morgan fingerprint density at radius 3 is 2.60 bits per heavy atom. The van der Waals surface area contributed by atoms with E-state index in [2.05, 4.69) is 20.3 Å². The van der Waals surface area contributed by atoms with Crippen molar-refractivity contribution in [2.24, 2.45) is 0 Å². The summed E-state index contributed by atoms with van der Waals surface area (Å²) in [7, 11) is 1.32. The highest BCUT2D eigenvalue weighted by Crippen LogP contribution is 2.34. The quantitative estimate of drug-likeness (QED) is 0.437. The van der Waals surface area contributed by atoms with Crippen molar-refractivity contribution >= 4 is 28.9 Å². The van der Waals surface area contributed by atoms with Gasteiger partial charge in [0, 0.05) is 31.1 Å². The van der Waals surface area contributed by atoms with Gasteiger partial charge in [-0.3, -0.25) is 4.98 Å². The van der Waals surface area contributed by atoms with Gasteiger partial charge in [0.15, 0.2) is 17.3 Å². The summed E-state index contributed by atoms with van der Waals surface area (Å²) >= 11 is 0. The van der Waals surface area contributed by atoms with E-state index in [0.717, 1.165) is 29.5 Å². The van der Waals surface area contributed by atoms with E-state index < -0.39 is 6.09 Å². The number of anilines is 1. The Morgan fingerprint density at radius 2 is 2.00 bits per heavy atom. The fraction of sp³-hybridized carbons (Fsp3) is 0.333. The molecule has 1 aliphatic rings. The molecule has 5 rings (SSSR count). The Bertz CT molecular complexity index is 1430. The van der Waals surface area contributed by atoms with Crippen LogP contribution < -0.4 is 5.73 Å². The zero-order chi connectivity index (χ0) is 24.7. The van der Waals surface area contributed by atoms with Crippen LogP contribution in [-0.4, -0.2) is 61.0 Å². The molecule has 1 saturated heterocycles. The lowest BCUT2D eigenvalue weighted by molar-refractivity contribution is -0.786. The predicted molar refractivity (Wildman–Crippen MR) is 127 cm³/mol. The number of carbonyl (C=O) groups is 2. The molecule has 0 radical (unpaired) electrons. The summed E-state index contributed by atoms with van der Waals surface area (Å²) in [6, 6.07) is 7.08. The SMILES string of the molecule is CCn1c(-c2nonc2N)nc2cncc(-c3ccc(C(=O)[N+]4(C(=O)OC)CCC[C@H]4C)cc3)c21. The van der Waals surface area contributed by atoms with Crippen LogP contribution in [0, 0.1) is 0 Å². The Hall–Kier alpha value is -4.12. The molecule has 2 atom stereocenters. The number of rotatable bonds is 4. The largest absolute Gasteiger partial charge is 0.523 e. The number of carbonyl (C=O) groups excluding carboxylic acids is 2. The van der Waals surface area contributed by atoms with E-state index >= 15 is 0 Å². The molecule has 3 aromatic heterocycles. The number of fused-ring (bicyclic) bond motifs is 1. The van der Waals surface area contributed by atoms with Crippen molar-refractivity contribution in [2.45, 2.75) is 39.3 Å². The van der Waals surface area contributed by atoms with E-state index in [0.29, 0.717) is 35.7 Å². The van der Waals surface area contributed by atoms with Crippen LogP contribution in [0.25, 0.3) is 33.7 Å². The summed E-state index contributed by atoms with van der Waals surface area (Å²) in [6.45, 7) is 4.95. The minimum atomic E-state index is -0.515. The Kier molecular flexibility index (Phi) is 5.56. The van der Waals surface area contributed by atoms with Crippen LogP contribution in [0.2, 0.25) is 0 Å². The van der Waals surface area contributed by atoms with Crippen molar-refractivity contribution in [2.75, 3.05) is 19.4 Å². The van der Waals surface area contributed by atoms with Gasteiger partial charge in [0.2, 0.25) is 0 Å². The molecule has 1 unspecified atom stereocenters. The van der Waals surface area contributed by atoms with Gasteiger partial charge in [-0.05, 0) is 41.9 Å². The number of benzene rings is 1. The van der Waals surface area contributed by atoms with Gasteiger partial charge >= 0.3 is 12.0 Å². The predicted octanol–water partition coefficient (Wildman–Crippen LogP) is 3.66. The fourth-order valence-electron chi connectivity index (χ4n) is 5.06. The molecule has 2 amide bonds. The molecule has 0 spiro atoms. The number of nitrogens with zero attached hydrogens (tertiary/aromatic N) is 6. The number of methoxy groups -OCH3 is 1. The molecule has 1 aliphatic heterocycles. The van der Waals surface area contributed by atoms with Crippen molar-refractivity contribution in [1.29, 1.82) is 0 Å². The second kappa shape index (κ2) is 8.58. The maximum atomic E-state index is 13.5. The van der Waals surface area contributed by atoms with E-state index in [4.69, 9.17) is 15.1 Å². The molecule has 0 saturated carbocycles. The fourth-order valence-corrected chi connectivity index (χ4v) is 5.06. The number of nitrogens with two attached hydrogens (primary N) is 1. The van der Waals surface area contributed by atoms with E-state index in [-0.39, 0.29) is 22.2 Å². The van der Waals surface area contributed by atoms with Gasteiger partial charge in [-0.1, -0.05) is 12.1 Å². The lowest BCUT2D eigenvalue weighted by atomic mass is 10.0. The normalized spacial score (nSPS) is 19.8. The highest BCUT2D eigenvalue weighted by Gasteiger charge is 2.54. The lowest BCUT2D eigenvalue weighted by Gasteiger charge is -2.30. The minimum absolute atomic E-state index is 0.136. The van der Waals surface area contributed by atoms with E-state index in [1.54, 1.807) is 24.5 Å². The number of nitrogen functional groups attached to an aromatic ring is 1. The molecular weight excluding hydrogens is 450 g/mol. The summed E-state index contributed by atoms with van der Waals surface area (Å²) in [6.07, 6.45) is 4.50. The zero-order valence-electron chi connectivity index (χ0n) is 19.8. The minimum Gasteiger partial charge on any atom is -0.423 e. The van der Waals surface area contributed by atoms with Gasteiger partial charge in [-0.2, -0.15) is 9.28 Å². The molecule has 0 aliphatic carbocycles. The summed E-state index contributed by atoms with van der Waals surface area (Å²) in [5.74, 6) is 0.445. The van der Waals surface area contributed by atoms with Gasteiger partial charge in [-0.15, -0.1) is 0 Å². The first kappa shape index (κ1) is 22.7. The van der Waals surface area contributed by atoms with Gasteiger partial charge in [0.1, 0.15) is 11.6 Å². The molecule has 4 aromatic rings. The Labute approximate surface area is 201 Å². The number of imidazole rings is 1. The number of pyridine rings is 1. The Balaban J connectivity index is 1.57. The molecule has 180 valence electrons. The highest BCUT2D eigenvalue weighted by molar-refractivity contribution is 5.97. The van der Waals surface area contributed by atoms with Crippen molar-refractivity contribution in [3.05, 3.63) is 42.2 Å². The van der Waals surface area contributed by atoms with Crippen LogP contribution in [0.1, 0.15) is 37.0 Å². The maximum Gasteiger partial charge on any atom is 0.523 e. The van der Waals surface area contributed by atoms with E-state index in [1.165, 1.54) is 7.11 Å². The van der Waals surface area contributed by atoms with Crippen LogP contribution in [-0.2, 0) is 11.3 Å². The van der Waals surface area contributed by atoms with E-state index in [1.807, 2.05) is 30.5 Å². The third kappa shape index (κ3) is 3.38. The molecular formula is C24H26N7O4+. The van der Waals surface area contributed by atoms with Crippen LogP contribution in [0.3, 0.4) is 0 Å². The monoisotopic (exact) mass is 476 g/mol. The van der Waals surface area contributed by atoms with Crippen molar-refractivity contribution in [3.8, 4) is 22.6 Å². The number of quaternary nitrogens is 1. The zero-order valence-corrected chi connectivity index (χ0v) is 19.8. The summed E-state index contributed by atoms with van der Waals surface area (Å²) in [5, 5.41) is 7.57. The first-order valence-electron chi connectivity index (χ1n) is 11.5. The Morgan fingerprint density at radius 1 is 1.23 bits per heavy atom. The number of aromatic nitrogens is 5. The second-order valence-electron chi connectivity index (χ2n) is 8.67. The number of aryl methyl sites for hydroxylation is 1. The van der Waals surface area contributed by atoms with Gasteiger partial charge in [-0.25, -0.2) is 14.4 Å². The molecule has 1 aromatic carbocycles. The molecule has 4 heterocycles. The summed E-state index contributed by atoms with van der Waals surface area (Å²) in [5.41, 5.74) is 9.95. The molecule has 11 nitrogen and oxygen atoms in total. The number of ether oxygens (including phenoxy) is 1. The van der Waals surface area contributed by atoms with Gasteiger partial charge in [0.25, 0.3) is 0 Å². The van der Waals surface area contributed by atoms with Crippen LogP contribution >= 0.6 is 0 Å². The molecule has 1 fully saturated rings. The lowest BCUT2D eigenvalue weighted by Crippen LogP contribution is -2.59. The first-order chi connectivity index (χ1) is 16.9. The summed E-state index contributed by atoms with van der Waals surface area (Å²) < 4.78 is 11.5. The number of likely N-dealkylation sites (tertiary alicyclic amines) is 1. The van der Waals surface area contributed by atoms with Crippen molar-refractivity contribution in [3.63, 3.8) is 0 Å². The topological polar surface area (TPSA) is 139 Å². The second-order valence-corrected chi connectivity index (χ2v) is 8.67. The number of hydrogen-bond acceptors (Lipinski definition) is 9. The van der Waals surface area contributed by atoms with Crippen LogP contribution in [0.4, 0.5) is 10.6 Å². The first-order valence-corrected chi connectivity index (χ1v) is 11.5. The van der Waals surface area contributed by atoms with Gasteiger partial charge in [0.05, 0.1) is 30.9 Å². The van der Waals surface area contributed by atoms with Crippen molar-refractivity contribution in [1.82, 2.24) is 24.8 Å². The average molecular weight is 477 g/mol. The van der Waals surface area contributed by atoms with E-state index in [9.17, 15) is 9.59 Å². The maximum absolute atomic E-state index is 13.5. The number of hydrogen-bond donors (Lipinski definition) is 1. The number of imide groups is 1. The van der Waals surface area contributed by atoms with Crippen LogP contribution in [0.15, 0.2) is 41.3 Å². The molecule has 2 N–H and O–H groups in total. The number of amides is 2. The van der Waals surface area contributed by atoms with Crippen molar-refractivity contribution < 1.29 is 23.4 Å². The van der Waals surface area contributed by atoms with Gasteiger partial charge < -0.3 is 15.0 Å². The molecule has 35 heavy (non-hydrogen) atoms. The standard InChI is InChI=1S/C24H26N7O4/c1-4-30-20-17(12-26-13-18(20)27-22(30)19-21(25)29-35-28-19)15-7-9-16(10-8-15)23(32)31(24(33)34-3)11-5-6-14(31)2/h7-10,12-14H,4-6,11H2,1-3H3,(H2,25,29)/q+1/t14-,31?/m1/s1. The summed E-state index contributed by atoms with van der Waals surface area (Å²) in [4.78, 5) is 35.2. The third-order valence-electron chi connectivity index (χ3n) is 6.88. The average Bonchev–Trinajstić information content (AvgIpc) is 3.59.